The molecular formula is C15H22N6O4. The molecule has 1 rings (SSSR count). The van der Waals surface area contributed by atoms with Gasteiger partial charge in [-0.3, -0.25) is 4.90 Å². The van der Waals surface area contributed by atoms with E-state index in [4.69, 9.17) is 0 Å². The summed E-state index contributed by atoms with van der Waals surface area (Å²) in [6.45, 7) is 13.7. The number of hydrogen-bond donors (Lipinski definition) is 6. The summed E-state index contributed by atoms with van der Waals surface area (Å²) in [7, 11) is 0. The van der Waals surface area contributed by atoms with Gasteiger partial charge in [-0.05, 0) is 24.3 Å². The molecule has 0 aliphatic carbocycles. The van der Waals surface area contributed by atoms with Crippen molar-refractivity contribution in [3.05, 3.63) is 50.6 Å². The molecule has 1 aromatic rings. The average Bonchev–Trinajstić information content (AvgIpc) is 2.60. The number of nitrogens with one attached hydrogen (secondary N) is 2. The molecule has 1 heterocycles. The van der Waals surface area contributed by atoms with Gasteiger partial charge in [-0.2, -0.15) is 15.0 Å². The molecule has 0 aliphatic heterocycles. The number of aliphatic hydroxyl groups excluding tert-OH is 4. The van der Waals surface area contributed by atoms with Crippen molar-refractivity contribution in [2.45, 2.75) is 24.9 Å². The molecule has 4 atom stereocenters. The number of rotatable bonds is 11. The Kier molecular flexibility index (Phi) is 7.69. The molecule has 0 amide bonds. The van der Waals surface area contributed by atoms with Crippen molar-refractivity contribution in [2.75, 3.05) is 15.5 Å². The van der Waals surface area contributed by atoms with E-state index in [1.807, 2.05) is 0 Å². The van der Waals surface area contributed by atoms with Crippen LogP contribution in [0.25, 0.3) is 0 Å². The Balaban J connectivity index is 3.37. The summed E-state index contributed by atoms with van der Waals surface area (Å²) >= 11 is 0. The number of nitrogens with zero attached hydrogens (tertiary/aromatic N) is 4. The fourth-order valence-electron chi connectivity index (χ4n) is 1.61. The van der Waals surface area contributed by atoms with Gasteiger partial charge in [-0.15, -0.1) is 0 Å². The van der Waals surface area contributed by atoms with Gasteiger partial charge in [0.15, 0.2) is 12.5 Å². The van der Waals surface area contributed by atoms with Crippen LogP contribution in [-0.4, -0.2) is 60.3 Å². The van der Waals surface area contributed by atoms with Crippen molar-refractivity contribution < 1.29 is 20.4 Å². The molecule has 10 nitrogen and oxygen atoms in total. The molecule has 10 heteroatoms. The van der Waals surface area contributed by atoms with Gasteiger partial charge in [0, 0.05) is 0 Å². The van der Waals surface area contributed by atoms with Crippen molar-refractivity contribution in [3.63, 3.8) is 0 Å². The molecule has 136 valence electrons. The maximum absolute atomic E-state index is 10.0. The summed E-state index contributed by atoms with van der Waals surface area (Å²) in [6, 6.07) is 0. The highest BCUT2D eigenvalue weighted by Crippen LogP contribution is 2.19. The van der Waals surface area contributed by atoms with Gasteiger partial charge in [0.1, 0.15) is 12.5 Å². The zero-order valence-corrected chi connectivity index (χ0v) is 13.5. The normalized spacial score (nSPS) is 15.2. The fourth-order valence-corrected chi connectivity index (χ4v) is 1.61. The Morgan fingerprint density at radius 1 is 0.720 bits per heavy atom. The Bertz CT molecular complexity index is 578. The first kappa shape index (κ1) is 20.3. The molecule has 0 aliphatic rings. The first-order valence-corrected chi connectivity index (χ1v) is 7.16. The zero-order valence-electron chi connectivity index (χ0n) is 13.5. The summed E-state index contributed by atoms with van der Waals surface area (Å²) in [6.07, 6.45) is -0.311. The van der Waals surface area contributed by atoms with Gasteiger partial charge < -0.3 is 31.1 Å². The van der Waals surface area contributed by atoms with E-state index in [2.05, 4.69) is 51.9 Å². The molecule has 0 spiro atoms. The molecule has 0 radical (unpaired) electrons. The molecule has 1 aromatic heterocycles. The lowest BCUT2D eigenvalue weighted by Crippen LogP contribution is -2.43. The quantitative estimate of drug-likeness (QED) is 0.228. The van der Waals surface area contributed by atoms with E-state index in [1.165, 1.54) is 12.2 Å². The van der Waals surface area contributed by atoms with E-state index in [0.29, 0.717) is 0 Å². The van der Waals surface area contributed by atoms with E-state index in [1.54, 1.807) is 0 Å². The highest BCUT2D eigenvalue weighted by molar-refractivity contribution is 5.46. The Labute approximate surface area is 145 Å². The summed E-state index contributed by atoms with van der Waals surface area (Å²) < 4.78 is 0. The van der Waals surface area contributed by atoms with Crippen LogP contribution in [0.3, 0.4) is 0 Å². The number of aromatic nitrogens is 3. The van der Waals surface area contributed by atoms with Crippen LogP contribution in [0.5, 0.6) is 0 Å². The summed E-state index contributed by atoms with van der Waals surface area (Å²) in [5.41, 5.74) is 0. The van der Waals surface area contributed by atoms with Crippen LogP contribution in [0.2, 0.25) is 0 Å². The first-order valence-electron chi connectivity index (χ1n) is 7.16. The minimum atomic E-state index is -1.34. The lowest BCUT2D eigenvalue weighted by molar-refractivity contribution is 0.134. The summed E-state index contributed by atoms with van der Waals surface area (Å²) in [5.74, 6) is -0.380. The third kappa shape index (κ3) is 5.65. The second kappa shape index (κ2) is 9.49. The monoisotopic (exact) mass is 350 g/mol. The van der Waals surface area contributed by atoms with Crippen molar-refractivity contribution in [1.82, 2.24) is 15.0 Å². The SMILES string of the molecule is C=CC(O)Nc1nc(NC(O)C=C)nc(N(C(O)C=C)C(O)C=C)n1. The minimum absolute atomic E-state index is 0.103. The van der Waals surface area contributed by atoms with Crippen LogP contribution in [0.4, 0.5) is 17.8 Å². The van der Waals surface area contributed by atoms with Crippen LogP contribution in [0, 0.1) is 0 Å². The highest BCUT2D eigenvalue weighted by atomic mass is 16.3. The molecule has 4 unspecified atom stereocenters. The third-order valence-corrected chi connectivity index (χ3v) is 2.85. The van der Waals surface area contributed by atoms with Crippen molar-refractivity contribution in [3.8, 4) is 0 Å². The van der Waals surface area contributed by atoms with Gasteiger partial charge in [-0.25, -0.2) is 0 Å². The highest BCUT2D eigenvalue weighted by Gasteiger charge is 2.24. The Morgan fingerprint density at radius 2 is 1.12 bits per heavy atom. The molecule has 25 heavy (non-hydrogen) atoms. The van der Waals surface area contributed by atoms with E-state index >= 15 is 0 Å². The van der Waals surface area contributed by atoms with Gasteiger partial charge >= 0.3 is 0 Å². The maximum atomic E-state index is 10.0. The standard InChI is InChI=1S/C15H22N6O4/c1-5-9(22)16-13-18-14(17-10(23)6-2)20-15(19-13)21(11(24)7-3)12(25)8-4/h5-12,22-25H,1-4H2,(H2,16,17,18,19,20). The van der Waals surface area contributed by atoms with Gasteiger partial charge in [0.2, 0.25) is 17.8 Å². The van der Waals surface area contributed by atoms with Crippen LogP contribution >= 0.6 is 0 Å². The average molecular weight is 350 g/mol. The van der Waals surface area contributed by atoms with Crippen LogP contribution in [0.1, 0.15) is 0 Å². The summed E-state index contributed by atoms with van der Waals surface area (Å²) in [5, 5.41) is 44.3. The molecular weight excluding hydrogens is 328 g/mol. The van der Waals surface area contributed by atoms with E-state index in [9.17, 15) is 20.4 Å². The second-order valence-corrected chi connectivity index (χ2v) is 4.64. The Hall–Kier alpha value is -2.79. The van der Waals surface area contributed by atoms with Crippen molar-refractivity contribution in [2.24, 2.45) is 0 Å². The first-order chi connectivity index (χ1) is 11.9. The molecule has 0 saturated heterocycles. The second-order valence-electron chi connectivity index (χ2n) is 4.64. The predicted octanol–water partition coefficient (Wildman–Crippen LogP) is -0.481. The van der Waals surface area contributed by atoms with Gasteiger partial charge in [-0.1, -0.05) is 26.3 Å². The lowest BCUT2D eigenvalue weighted by atomic mass is 10.4. The topological polar surface area (TPSA) is 147 Å². The van der Waals surface area contributed by atoms with E-state index in [-0.39, 0.29) is 17.8 Å². The van der Waals surface area contributed by atoms with Gasteiger partial charge in [0.25, 0.3) is 0 Å². The van der Waals surface area contributed by atoms with Crippen LogP contribution < -0.4 is 15.5 Å². The minimum Gasteiger partial charge on any atom is -0.370 e. The molecule has 6 N–H and O–H groups in total. The Morgan fingerprint density at radius 3 is 1.44 bits per heavy atom. The number of hydrogen-bond acceptors (Lipinski definition) is 10. The molecule has 0 fully saturated rings. The van der Waals surface area contributed by atoms with Crippen LogP contribution in [-0.2, 0) is 0 Å². The zero-order chi connectivity index (χ0) is 19.0. The van der Waals surface area contributed by atoms with Crippen LogP contribution in [0.15, 0.2) is 50.6 Å². The number of aliphatic hydroxyl groups is 4. The molecule has 0 bridgehead atoms. The largest absolute Gasteiger partial charge is 0.370 e. The third-order valence-electron chi connectivity index (χ3n) is 2.85. The summed E-state index contributed by atoms with van der Waals surface area (Å²) in [4.78, 5) is 13.0. The van der Waals surface area contributed by atoms with Crippen molar-refractivity contribution >= 4 is 17.8 Å². The van der Waals surface area contributed by atoms with Crippen molar-refractivity contribution in [1.29, 1.82) is 0 Å². The van der Waals surface area contributed by atoms with E-state index < -0.39 is 24.9 Å². The fraction of sp³-hybridized carbons (Fsp3) is 0.267. The number of anilines is 3. The van der Waals surface area contributed by atoms with Gasteiger partial charge in [0.05, 0.1) is 0 Å². The lowest BCUT2D eigenvalue weighted by Gasteiger charge is -2.29. The molecule has 0 aromatic carbocycles. The van der Waals surface area contributed by atoms with E-state index in [0.717, 1.165) is 17.1 Å². The smallest absolute Gasteiger partial charge is 0.236 e. The molecule has 0 saturated carbocycles. The maximum Gasteiger partial charge on any atom is 0.236 e. The predicted molar refractivity (Wildman–Crippen MR) is 94.4 cm³/mol.